The topological polar surface area (TPSA) is 85.5 Å². The molecule has 2 aromatic carbocycles. The van der Waals surface area contributed by atoms with Gasteiger partial charge < -0.3 is 14.3 Å². The van der Waals surface area contributed by atoms with Crippen LogP contribution in [-0.2, 0) is 17.6 Å². The third-order valence-electron chi connectivity index (χ3n) is 5.90. The fourth-order valence-electron chi connectivity index (χ4n) is 4.22. The molecule has 0 bridgehead atoms. The number of nitrogens with zero attached hydrogens (tertiary/aromatic N) is 2. The van der Waals surface area contributed by atoms with E-state index in [4.69, 9.17) is 9.15 Å². The molecule has 0 fully saturated rings. The van der Waals surface area contributed by atoms with E-state index in [-0.39, 0.29) is 17.5 Å². The Hall–Kier alpha value is -3.77. The number of aromatic nitrogens is 2. The predicted octanol–water partition coefficient (Wildman–Crippen LogP) is 4.64. The van der Waals surface area contributed by atoms with Gasteiger partial charge in [-0.15, -0.1) is 0 Å². The van der Waals surface area contributed by atoms with E-state index in [1.165, 1.54) is 35.6 Å². The fourth-order valence-corrected chi connectivity index (χ4v) is 4.22. The first-order chi connectivity index (χ1) is 15.6. The molecule has 2 unspecified atom stereocenters. The Morgan fingerprint density at radius 3 is 2.66 bits per heavy atom. The highest BCUT2D eigenvalue weighted by Gasteiger charge is 2.31. The van der Waals surface area contributed by atoms with Gasteiger partial charge in [0.2, 0.25) is 5.89 Å². The fraction of sp³-hybridized carbons (Fsp3) is 0.192. The van der Waals surface area contributed by atoms with Gasteiger partial charge in [0.15, 0.2) is 5.76 Å². The molecule has 160 valence electrons. The summed E-state index contributed by atoms with van der Waals surface area (Å²) in [5.74, 6) is 0.111. The molecule has 32 heavy (non-hydrogen) atoms. The maximum atomic E-state index is 11.7. The number of carbonyl (C=O) groups is 1. The van der Waals surface area contributed by atoms with Gasteiger partial charge in [0.05, 0.1) is 13.3 Å². The number of carbonyl (C=O) groups excluding carboxylic acids is 1. The van der Waals surface area contributed by atoms with E-state index in [2.05, 4.69) is 40.3 Å². The van der Waals surface area contributed by atoms with Gasteiger partial charge in [-0.2, -0.15) is 0 Å². The van der Waals surface area contributed by atoms with Gasteiger partial charge in [0, 0.05) is 5.92 Å². The van der Waals surface area contributed by atoms with Crippen molar-refractivity contribution in [2.45, 2.75) is 18.9 Å². The van der Waals surface area contributed by atoms with Gasteiger partial charge in [-0.1, -0.05) is 54.6 Å². The van der Waals surface area contributed by atoms with Crippen LogP contribution in [-0.4, -0.2) is 28.2 Å². The number of hydrogen-bond donors (Lipinski definition) is 1. The van der Waals surface area contributed by atoms with Crippen LogP contribution in [0.2, 0.25) is 0 Å². The van der Waals surface area contributed by atoms with E-state index in [9.17, 15) is 9.90 Å². The van der Waals surface area contributed by atoms with Crippen LogP contribution < -0.4 is 0 Å². The molecule has 6 heteroatoms. The molecule has 2 heterocycles. The van der Waals surface area contributed by atoms with Crippen molar-refractivity contribution < 1.29 is 19.1 Å². The summed E-state index contributed by atoms with van der Waals surface area (Å²) >= 11 is 0. The monoisotopic (exact) mass is 426 g/mol. The standard InChI is InChI=1S/C26H22N2O4/c1-31-26(30)22-9-5-8-21(28-22)23-15-27-25(32-23)24(29)20-13-18-11-10-17(12-19(18)14-20)16-6-3-2-4-7-16/h2-12,15,20,24,29H,13-14H2,1H3. The van der Waals surface area contributed by atoms with E-state index in [1.807, 2.05) is 18.2 Å². The molecule has 2 atom stereocenters. The van der Waals surface area contributed by atoms with Gasteiger partial charge in [0.1, 0.15) is 17.5 Å². The molecule has 0 saturated carbocycles. The Bertz CT molecular complexity index is 1270. The average Bonchev–Trinajstić information content (AvgIpc) is 3.51. The van der Waals surface area contributed by atoms with Gasteiger partial charge >= 0.3 is 5.97 Å². The lowest BCUT2D eigenvalue weighted by Crippen LogP contribution is -2.13. The lowest BCUT2D eigenvalue weighted by molar-refractivity contribution is 0.0594. The number of pyridine rings is 1. The number of fused-ring (bicyclic) bond motifs is 1. The molecule has 0 spiro atoms. The van der Waals surface area contributed by atoms with Gasteiger partial charge in [-0.25, -0.2) is 14.8 Å². The van der Waals surface area contributed by atoms with Crippen molar-refractivity contribution in [3.05, 3.63) is 95.6 Å². The minimum Gasteiger partial charge on any atom is -0.464 e. The number of hydrogen-bond acceptors (Lipinski definition) is 6. The van der Waals surface area contributed by atoms with E-state index >= 15 is 0 Å². The van der Waals surface area contributed by atoms with Crippen LogP contribution in [0.15, 0.2) is 77.3 Å². The molecule has 1 N–H and O–H groups in total. The molecule has 0 saturated heterocycles. The highest BCUT2D eigenvalue weighted by molar-refractivity contribution is 5.87. The number of rotatable bonds is 5. The highest BCUT2D eigenvalue weighted by Crippen LogP contribution is 2.37. The maximum absolute atomic E-state index is 11.7. The zero-order valence-electron chi connectivity index (χ0n) is 17.6. The molecule has 0 radical (unpaired) electrons. The summed E-state index contributed by atoms with van der Waals surface area (Å²) in [5.41, 5.74) is 5.49. The minimum atomic E-state index is -0.833. The molecule has 0 amide bonds. The normalized spacial score (nSPS) is 15.9. The van der Waals surface area contributed by atoms with Crippen molar-refractivity contribution in [3.8, 4) is 22.6 Å². The summed E-state index contributed by atoms with van der Waals surface area (Å²) in [4.78, 5) is 20.3. The van der Waals surface area contributed by atoms with Crippen molar-refractivity contribution in [3.63, 3.8) is 0 Å². The van der Waals surface area contributed by atoms with Gasteiger partial charge in [-0.05, 0) is 47.2 Å². The van der Waals surface area contributed by atoms with Crippen LogP contribution in [0.5, 0.6) is 0 Å². The Morgan fingerprint density at radius 2 is 1.84 bits per heavy atom. The Labute approximate surface area is 185 Å². The Kier molecular flexibility index (Phi) is 5.29. The van der Waals surface area contributed by atoms with Gasteiger partial charge in [0.25, 0.3) is 0 Å². The number of aliphatic hydroxyl groups is 1. The maximum Gasteiger partial charge on any atom is 0.356 e. The molecule has 5 rings (SSSR count). The molecular weight excluding hydrogens is 404 g/mol. The second-order valence-electron chi connectivity index (χ2n) is 7.93. The molecule has 6 nitrogen and oxygen atoms in total. The lowest BCUT2D eigenvalue weighted by Gasteiger charge is -2.14. The molecular formula is C26H22N2O4. The Balaban J connectivity index is 1.34. The van der Waals surface area contributed by atoms with Crippen LogP contribution in [0.25, 0.3) is 22.6 Å². The SMILES string of the molecule is COC(=O)c1cccc(-c2cnc(C(O)C3Cc4ccc(-c5ccccc5)cc4C3)o2)n1. The van der Waals surface area contributed by atoms with Crippen LogP contribution in [0, 0.1) is 5.92 Å². The van der Waals surface area contributed by atoms with Crippen LogP contribution >= 0.6 is 0 Å². The predicted molar refractivity (Wildman–Crippen MR) is 119 cm³/mol. The largest absolute Gasteiger partial charge is 0.464 e. The second kappa shape index (κ2) is 8.40. The molecule has 1 aliphatic carbocycles. The summed E-state index contributed by atoms with van der Waals surface area (Å²) < 4.78 is 10.5. The smallest absolute Gasteiger partial charge is 0.356 e. The van der Waals surface area contributed by atoms with Gasteiger partial charge in [-0.3, -0.25) is 0 Å². The number of oxazole rings is 1. The summed E-state index contributed by atoms with van der Waals surface area (Å²) in [6, 6.07) is 21.7. The van der Waals surface area contributed by atoms with Crippen LogP contribution in [0.4, 0.5) is 0 Å². The summed E-state index contributed by atoms with van der Waals surface area (Å²) in [6.07, 6.45) is 2.21. The van der Waals surface area contributed by atoms with Crippen LogP contribution in [0.1, 0.15) is 33.6 Å². The third-order valence-corrected chi connectivity index (χ3v) is 5.90. The van der Waals surface area contributed by atoms with Crippen molar-refractivity contribution in [2.75, 3.05) is 7.11 Å². The number of methoxy groups -OCH3 is 1. The highest BCUT2D eigenvalue weighted by atomic mass is 16.5. The average molecular weight is 426 g/mol. The molecule has 0 aliphatic heterocycles. The number of aliphatic hydroxyl groups excluding tert-OH is 1. The molecule has 4 aromatic rings. The molecule has 1 aliphatic rings. The molecule has 2 aromatic heterocycles. The summed E-state index contributed by atoms with van der Waals surface area (Å²) in [7, 11) is 1.31. The van der Waals surface area contributed by atoms with Crippen molar-refractivity contribution >= 4 is 5.97 Å². The van der Waals surface area contributed by atoms with Crippen molar-refractivity contribution in [1.82, 2.24) is 9.97 Å². The first-order valence-electron chi connectivity index (χ1n) is 10.5. The second-order valence-corrected chi connectivity index (χ2v) is 7.93. The Morgan fingerprint density at radius 1 is 1.03 bits per heavy atom. The van der Waals surface area contributed by atoms with E-state index in [1.54, 1.807) is 18.2 Å². The summed E-state index contributed by atoms with van der Waals surface area (Å²) in [6.45, 7) is 0. The number of ether oxygens (including phenoxy) is 1. The van der Waals surface area contributed by atoms with E-state index in [0.717, 1.165) is 12.8 Å². The number of esters is 1. The van der Waals surface area contributed by atoms with Crippen molar-refractivity contribution in [1.29, 1.82) is 0 Å². The zero-order chi connectivity index (χ0) is 22.1. The minimum absolute atomic E-state index is 0.0168. The van der Waals surface area contributed by atoms with Crippen molar-refractivity contribution in [2.24, 2.45) is 5.92 Å². The first-order valence-corrected chi connectivity index (χ1v) is 10.5. The third kappa shape index (κ3) is 3.81. The first kappa shape index (κ1) is 20.2. The number of benzene rings is 2. The summed E-state index contributed by atoms with van der Waals surface area (Å²) in [5, 5.41) is 11.0. The van der Waals surface area contributed by atoms with Crippen LogP contribution in [0.3, 0.4) is 0 Å². The van der Waals surface area contributed by atoms with E-state index < -0.39 is 12.1 Å². The lowest BCUT2D eigenvalue weighted by atomic mass is 9.99. The quantitative estimate of drug-likeness (QED) is 0.468. The zero-order valence-corrected chi connectivity index (χ0v) is 17.6. The van der Waals surface area contributed by atoms with E-state index in [0.29, 0.717) is 11.5 Å².